The minimum Gasteiger partial charge on any atom is -0.259 e. The van der Waals surface area contributed by atoms with Crippen molar-refractivity contribution in [1.82, 2.24) is 10.3 Å². The van der Waals surface area contributed by atoms with Crippen molar-refractivity contribution in [1.29, 1.82) is 0 Å². The van der Waals surface area contributed by atoms with Crippen molar-refractivity contribution in [3.63, 3.8) is 0 Å². The van der Waals surface area contributed by atoms with E-state index in [-0.39, 0.29) is 5.54 Å². The van der Waals surface area contributed by atoms with Crippen LogP contribution < -0.4 is 5.32 Å². The Balaban J connectivity index is 2.33. The number of aryl methyl sites for hydroxylation is 1. The predicted octanol–water partition coefficient (Wildman–Crippen LogP) is 2.00. The van der Waals surface area contributed by atoms with Gasteiger partial charge in [0.15, 0.2) is 0 Å². The van der Waals surface area contributed by atoms with Crippen LogP contribution in [0, 0.1) is 6.92 Å². The van der Waals surface area contributed by atoms with Gasteiger partial charge in [-0.1, -0.05) is 0 Å². The Morgan fingerprint density at radius 2 is 2.31 bits per heavy atom. The molecule has 2 rings (SSSR count). The van der Waals surface area contributed by atoms with Gasteiger partial charge in [0.1, 0.15) is 0 Å². The lowest BCUT2D eigenvalue weighted by Gasteiger charge is -2.21. The third kappa shape index (κ3) is 1.59. The second-order valence-electron chi connectivity index (χ2n) is 3.98. The fourth-order valence-corrected chi connectivity index (χ4v) is 1.87. The van der Waals surface area contributed by atoms with Crippen molar-refractivity contribution in [2.24, 2.45) is 0 Å². The van der Waals surface area contributed by atoms with Gasteiger partial charge < -0.3 is 0 Å². The van der Waals surface area contributed by atoms with E-state index in [0.717, 1.165) is 18.7 Å². The molecule has 0 spiro atoms. The highest BCUT2D eigenvalue weighted by atomic mass is 15.0. The zero-order chi connectivity index (χ0) is 9.31. The van der Waals surface area contributed by atoms with Gasteiger partial charge in [0.2, 0.25) is 0 Å². The Kier molecular flexibility index (Phi) is 2.08. The second-order valence-corrected chi connectivity index (χ2v) is 3.98. The summed E-state index contributed by atoms with van der Waals surface area (Å²) in [6, 6.07) is 4.18. The molecule has 2 nitrogen and oxygen atoms in total. The molecule has 1 saturated heterocycles. The quantitative estimate of drug-likeness (QED) is 0.641. The lowest BCUT2D eigenvalue weighted by molar-refractivity contribution is 0.413. The van der Waals surface area contributed by atoms with E-state index in [4.69, 9.17) is 0 Å². The Morgan fingerprint density at radius 1 is 1.46 bits per heavy atom. The largest absolute Gasteiger partial charge is 0.259 e. The van der Waals surface area contributed by atoms with E-state index in [0.29, 0.717) is 0 Å². The van der Waals surface area contributed by atoms with Crippen molar-refractivity contribution in [3.8, 4) is 0 Å². The highest BCUT2D eigenvalue weighted by molar-refractivity contribution is 5.21. The molecule has 1 atom stereocenters. The van der Waals surface area contributed by atoms with Crippen LogP contribution in [-0.2, 0) is 5.54 Å². The van der Waals surface area contributed by atoms with Crippen LogP contribution in [0.15, 0.2) is 18.3 Å². The zero-order valence-corrected chi connectivity index (χ0v) is 8.25. The van der Waals surface area contributed by atoms with Crippen LogP contribution in [0.25, 0.3) is 0 Å². The molecule has 13 heavy (non-hydrogen) atoms. The molecule has 0 N–H and O–H groups in total. The van der Waals surface area contributed by atoms with E-state index in [9.17, 15) is 0 Å². The maximum Gasteiger partial charge on any atom is 0.0748 e. The van der Waals surface area contributed by atoms with Crippen LogP contribution in [0.4, 0.5) is 0 Å². The predicted molar refractivity (Wildman–Crippen MR) is 52.6 cm³/mol. The van der Waals surface area contributed by atoms with Crippen molar-refractivity contribution in [2.75, 3.05) is 6.54 Å². The summed E-state index contributed by atoms with van der Waals surface area (Å²) >= 11 is 0. The first kappa shape index (κ1) is 8.70. The van der Waals surface area contributed by atoms with Crippen LogP contribution >= 0.6 is 0 Å². The van der Waals surface area contributed by atoms with Crippen LogP contribution in [0.5, 0.6) is 0 Å². The molecule has 1 aliphatic heterocycles. The topological polar surface area (TPSA) is 27.0 Å². The number of hydrogen-bond acceptors (Lipinski definition) is 1. The van der Waals surface area contributed by atoms with Crippen LogP contribution in [0.1, 0.15) is 31.0 Å². The van der Waals surface area contributed by atoms with Gasteiger partial charge in [0.25, 0.3) is 0 Å². The molecule has 0 amide bonds. The summed E-state index contributed by atoms with van der Waals surface area (Å²) in [7, 11) is 0. The third-order valence-corrected chi connectivity index (χ3v) is 2.75. The molecule has 0 aliphatic carbocycles. The van der Waals surface area contributed by atoms with Gasteiger partial charge in [0, 0.05) is 12.7 Å². The molecular weight excluding hydrogens is 160 g/mol. The molecule has 1 aromatic rings. The molecule has 2 heteroatoms. The fraction of sp³-hybridized carbons (Fsp3) is 0.545. The minimum atomic E-state index is -0.00792. The smallest absolute Gasteiger partial charge is 0.0748 e. The molecule has 1 aliphatic rings. The van der Waals surface area contributed by atoms with E-state index in [1.54, 1.807) is 0 Å². The summed E-state index contributed by atoms with van der Waals surface area (Å²) in [4.78, 5) is 4.40. The molecule has 1 aromatic heterocycles. The van der Waals surface area contributed by atoms with E-state index in [2.05, 4.69) is 30.2 Å². The summed E-state index contributed by atoms with van der Waals surface area (Å²) in [6.45, 7) is 5.28. The van der Waals surface area contributed by atoms with Crippen molar-refractivity contribution in [2.45, 2.75) is 32.2 Å². The van der Waals surface area contributed by atoms with Gasteiger partial charge in [-0.2, -0.15) is 0 Å². The van der Waals surface area contributed by atoms with Crippen molar-refractivity contribution in [3.05, 3.63) is 29.6 Å². The van der Waals surface area contributed by atoms with Gasteiger partial charge in [-0.05, 0) is 44.4 Å². The Labute approximate surface area is 79.4 Å². The normalized spacial score (nSPS) is 27.8. The fourth-order valence-electron chi connectivity index (χ4n) is 1.87. The van der Waals surface area contributed by atoms with Gasteiger partial charge in [-0.3, -0.25) is 4.98 Å². The first-order chi connectivity index (χ1) is 6.21. The van der Waals surface area contributed by atoms with E-state index in [1.807, 2.05) is 12.3 Å². The maximum atomic E-state index is 4.62. The van der Waals surface area contributed by atoms with Crippen molar-refractivity contribution >= 4 is 0 Å². The number of rotatable bonds is 1. The summed E-state index contributed by atoms with van der Waals surface area (Å²) in [5.74, 6) is 0. The Bertz CT molecular complexity index is 301. The van der Waals surface area contributed by atoms with E-state index < -0.39 is 0 Å². The average Bonchev–Trinajstić information content (AvgIpc) is 2.54. The summed E-state index contributed by atoms with van der Waals surface area (Å²) in [5.41, 5.74) is 2.39. The second kappa shape index (κ2) is 3.11. The molecular formula is C11H15N2. The monoisotopic (exact) mass is 175 g/mol. The molecule has 1 unspecified atom stereocenters. The van der Waals surface area contributed by atoms with E-state index in [1.165, 1.54) is 12.0 Å². The average molecular weight is 175 g/mol. The standard InChI is InChI=1S/C11H15N2/c1-9-4-7-12-10(8-9)11(2)5-3-6-13-11/h4,7-8H,3,5-6H2,1-2H3. The lowest BCUT2D eigenvalue weighted by atomic mass is 9.94. The lowest BCUT2D eigenvalue weighted by Crippen LogP contribution is -2.28. The highest BCUT2D eigenvalue weighted by Crippen LogP contribution is 2.30. The molecule has 0 bridgehead atoms. The number of pyridine rings is 1. The molecule has 1 radical (unpaired) electrons. The number of aromatic nitrogens is 1. The SMILES string of the molecule is Cc1ccnc(C2(C)CCC[N]2)c1. The number of nitrogens with zero attached hydrogens (tertiary/aromatic N) is 2. The van der Waals surface area contributed by atoms with Crippen LogP contribution in [0.3, 0.4) is 0 Å². The minimum absolute atomic E-state index is 0.00792. The highest BCUT2D eigenvalue weighted by Gasteiger charge is 2.32. The maximum absolute atomic E-state index is 4.62. The van der Waals surface area contributed by atoms with Gasteiger partial charge >= 0.3 is 0 Å². The van der Waals surface area contributed by atoms with Gasteiger partial charge in [0.05, 0.1) is 11.2 Å². The summed E-state index contributed by atoms with van der Waals surface area (Å²) < 4.78 is 0. The molecule has 0 saturated carbocycles. The first-order valence-electron chi connectivity index (χ1n) is 4.82. The van der Waals surface area contributed by atoms with Crippen molar-refractivity contribution < 1.29 is 0 Å². The molecule has 1 fully saturated rings. The molecule has 0 aromatic carbocycles. The number of hydrogen-bond donors (Lipinski definition) is 0. The molecule has 2 heterocycles. The first-order valence-corrected chi connectivity index (χ1v) is 4.82. The Hall–Kier alpha value is -0.890. The Morgan fingerprint density at radius 3 is 2.92 bits per heavy atom. The van der Waals surface area contributed by atoms with E-state index >= 15 is 0 Å². The third-order valence-electron chi connectivity index (χ3n) is 2.75. The summed E-state index contributed by atoms with van der Waals surface area (Å²) in [5, 5.41) is 4.62. The van der Waals surface area contributed by atoms with Gasteiger partial charge in [-0.15, -0.1) is 0 Å². The summed E-state index contributed by atoms with van der Waals surface area (Å²) in [6.07, 6.45) is 4.22. The van der Waals surface area contributed by atoms with Gasteiger partial charge in [-0.25, -0.2) is 5.32 Å². The molecule has 69 valence electrons. The van der Waals surface area contributed by atoms with Crippen LogP contribution in [0.2, 0.25) is 0 Å². The zero-order valence-electron chi connectivity index (χ0n) is 8.25. The van der Waals surface area contributed by atoms with Crippen LogP contribution in [-0.4, -0.2) is 11.5 Å².